The highest BCUT2D eigenvalue weighted by Gasteiger charge is 2.40. The maximum absolute atomic E-state index is 5.73. The molecule has 0 radical (unpaired) electrons. The topological polar surface area (TPSA) is 60.6 Å². The highest BCUT2D eigenvalue weighted by molar-refractivity contribution is 4.89. The van der Waals surface area contributed by atoms with Crippen LogP contribution in [0.1, 0.15) is 24.6 Å². The smallest absolute Gasteiger partial charge is 0.223 e. The van der Waals surface area contributed by atoms with Crippen molar-refractivity contribution < 1.29 is 14.0 Å². The highest BCUT2D eigenvalue weighted by atomic mass is 16.7. The standard InChI is InChI=1S/C11H17N3O3/c1-9-12-10(13-17-9)7-14-4-2-3-11(8-14)15-5-6-16-11/h2-8H2,1H3. The van der Waals surface area contributed by atoms with Crippen molar-refractivity contribution >= 4 is 0 Å². The fraction of sp³-hybridized carbons (Fsp3) is 0.818. The summed E-state index contributed by atoms with van der Waals surface area (Å²) < 4.78 is 16.4. The Morgan fingerprint density at radius 3 is 2.88 bits per heavy atom. The van der Waals surface area contributed by atoms with Crippen LogP contribution in [0.4, 0.5) is 0 Å². The van der Waals surface area contributed by atoms with Crippen molar-refractivity contribution in [1.29, 1.82) is 0 Å². The predicted molar refractivity (Wildman–Crippen MR) is 58.2 cm³/mol. The Morgan fingerprint density at radius 1 is 1.35 bits per heavy atom. The van der Waals surface area contributed by atoms with Gasteiger partial charge in [0.05, 0.1) is 26.3 Å². The second kappa shape index (κ2) is 4.36. The summed E-state index contributed by atoms with van der Waals surface area (Å²) in [6.07, 6.45) is 2.06. The van der Waals surface area contributed by atoms with Crippen LogP contribution in [-0.4, -0.2) is 47.1 Å². The molecule has 6 nitrogen and oxygen atoms in total. The Morgan fingerprint density at radius 2 is 2.18 bits per heavy atom. The molecule has 0 saturated carbocycles. The van der Waals surface area contributed by atoms with Gasteiger partial charge in [0.25, 0.3) is 0 Å². The number of hydrogen-bond donors (Lipinski definition) is 0. The molecule has 17 heavy (non-hydrogen) atoms. The second-order valence-electron chi connectivity index (χ2n) is 4.65. The molecule has 0 atom stereocenters. The Kier molecular flexibility index (Phi) is 2.85. The van der Waals surface area contributed by atoms with Crippen LogP contribution in [0.25, 0.3) is 0 Å². The lowest BCUT2D eigenvalue weighted by Crippen LogP contribution is -2.48. The molecule has 0 amide bonds. The van der Waals surface area contributed by atoms with Gasteiger partial charge in [-0.15, -0.1) is 0 Å². The third-order valence-electron chi connectivity index (χ3n) is 3.24. The van der Waals surface area contributed by atoms with Crippen LogP contribution in [0.5, 0.6) is 0 Å². The first-order chi connectivity index (χ1) is 8.26. The number of piperidine rings is 1. The van der Waals surface area contributed by atoms with Gasteiger partial charge in [0.15, 0.2) is 11.6 Å². The van der Waals surface area contributed by atoms with E-state index in [1.807, 2.05) is 0 Å². The van der Waals surface area contributed by atoms with E-state index in [1.54, 1.807) is 6.92 Å². The number of rotatable bonds is 2. The monoisotopic (exact) mass is 239 g/mol. The zero-order valence-electron chi connectivity index (χ0n) is 10.0. The minimum absolute atomic E-state index is 0.378. The lowest BCUT2D eigenvalue weighted by Gasteiger charge is -2.37. The van der Waals surface area contributed by atoms with E-state index in [0.717, 1.165) is 31.8 Å². The summed E-state index contributed by atoms with van der Waals surface area (Å²) in [6.45, 7) is 5.73. The molecular formula is C11H17N3O3. The molecule has 0 unspecified atom stereocenters. The van der Waals surface area contributed by atoms with Gasteiger partial charge in [-0.25, -0.2) is 0 Å². The molecule has 1 aromatic heterocycles. The molecule has 0 aromatic carbocycles. The van der Waals surface area contributed by atoms with Gasteiger partial charge in [0, 0.05) is 13.3 Å². The zero-order valence-corrected chi connectivity index (χ0v) is 10.0. The zero-order chi connectivity index (χ0) is 11.7. The van der Waals surface area contributed by atoms with Crippen molar-refractivity contribution in [3.05, 3.63) is 11.7 Å². The summed E-state index contributed by atoms with van der Waals surface area (Å²) in [5.41, 5.74) is 0. The first-order valence-electron chi connectivity index (χ1n) is 6.05. The van der Waals surface area contributed by atoms with Crippen LogP contribution in [0, 0.1) is 6.92 Å². The summed E-state index contributed by atoms with van der Waals surface area (Å²) in [7, 11) is 0. The lowest BCUT2D eigenvalue weighted by molar-refractivity contribution is -0.190. The van der Waals surface area contributed by atoms with Gasteiger partial charge in [0.1, 0.15) is 0 Å². The van der Waals surface area contributed by atoms with Crippen LogP contribution >= 0.6 is 0 Å². The molecule has 1 aromatic rings. The van der Waals surface area contributed by atoms with Crippen molar-refractivity contribution in [3.8, 4) is 0 Å². The number of nitrogens with zero attached hydrogens (tertiary/aromatic N) is 3. The van der Waals surface area contributed by atoms with Gasteiger partial charge in [0.2, 0.25) is 5.89 Å². The van der Waals surface area contributed by atoms with Gasteiger partial charge in [-0.2, -0.15) is 4.98 Å². The molecule has 2 aliphatic rings. The van der Waals surface area contributed by atoms with E-state index < -0.39 is 0 Å². The molecular weight excluding hydrogens is 222 g/mol. The molecule has 2 saturated heterocycles. The average molecular weight is 239 g/mol. The molecule has 2 fully saturated rings. The van der Waals surface area contributed by atoms with E-state index in [2.05, 4.69) is 15.0 Å². The Hall–Kier alpha value is -0.980. The number of ether oxygens (including phenoxy) is 2. The fourth-order valence-corrected chi connectivity index (χ4v) is 2.54. The molecule has 3 heterocycles. The molecule has 0 bridgehead atoms. The first kappa shape index (κ1) is 11.1. The van der Waals surface area contributed by atoms with E-state index in [-0.39, 0.29) is 5.79 Å². The van der Waals surface area contributed by atoms with Crippen LogP contribution in [0.3, 0.4) is 0 Å². The fourth-order valence-electron chi connectivity index (χ4n) is 2.54. The van der Waals surface area contributed by atoms with E-state index in [1.165, 1.54) is 0 Å². The maximum atomic E-state index is 5.73. The number of aromatic nitrogens is 2. The molecule has 2 aliphatic heterocycles. The Bertz CT molecular complexity index is 387. The van der Waals surface area contributed by atoms with Crippen LogP contribution in [0.15, 0.2) is 4.52 Å². The summed E-state index contributed by atoms with van der Waals surface area (Å²) >= 11 is 0. The van der Waals surface area contributed by atoms with Crippen LogP contribution < -0.4 is 0 Å². The summed E-state index contributed by atoms with van der Waals surface area (Å²) in [5.74, 6) is 0.967. The minimum Gasteiger partial charge on any atom is -0.346 e. The van der Waals surface area contributed by atoms with Gasteiger partial charge in [-0.3, -0.25) is 4.90 Å². The Balaban J connectivity index is 1.64. The average Bonchev–Trinajstić information content (AvgIpc) is 2.89. The second-order valence-corrected chi connectivity index (χ2v) is 4.65. The summed E-state index contributed by atoms with van der Waals surface area (Å²) in [4.78, 5) is 6.48. The van der Waals surface area contributed by atoms with Crippen molar-refractivity contribution in [2.24, 2.45) is 0 Å². The van der Waals surface area contributed by atoms with Gasteiger partial charge >= 0.3 is 0 Å². The number of aryl methyl sites for hydroxylation is 1. The summed E-state index contributed by atoms with van der Waals surface area (Å²) in [6, 6.07) is 0. The number of likely N-dealkylation sites (tertiary alicyclic amines) is 1. The van der Waals surface area contributed by atoms with E-state index in [9.17, 15) is 0 Å². The quantitative estimate of drug-likeness (QED) is 0.757. The molecule has 94 valence electrons. The van der Waals surface area contributed by atoms with E-state index >= 15 is 0 Å². The van der Waals surface area contributed by atoms with Crippen molar-refractivity contribution in [3.63, 3.8) is 0 Å². The minimum atomic E-state index is -0.378. The normalized spacial score (nSPS) is 24.5. The molecule has 0 aliphatic carbocycles. The molecule has 1 spiro atoms. The first-order valence-corrected chi connectivity index (χ1v) is 6.05. The van der Waals surface area contributed by atoms with E-state index in [4.69, 9.17) is 14.0 Å². The third kappa shape index (κ3) is 2.34. The van der Waals surface area contributed by atoms with Crippen molar-refractivity contribution in [2.75, 3.05) is 26.3 Å². The lowest BCUT2D eigenvalue weighted by atomic mass is 10.0. The SMILES string of the molecule is Cc1nc(CN2CCCC3(C2)OCCO3)no1. The Labute approximate surface area is 99.9 Å². The van der Waals surface area contributed by atoms with Gasteiger partial charge in [-0.1, -0.05) is 5.16 Å². The molecule has 3 rings (SSSR count). The molecule has 0 N–H and O–H groups in total. The third-order valence-corrected chi connectivity index (χ3v) is 3.24. The van der Waals surface area contributed by atoms with Crippen LogP contribution in [0.2, 0.25) is 0 Å². The van der Waals surface area contributed by atoms with E-state index in [0.29, 0.717) is 25.6 Å². The highest BCUT2D eigenvalue weighted by Crippen LogP contribution is 2.30. The van der Waals surface area contributed by atoms with Crippen molar-refractivity contribution in [2.45, 2.75) is 32.1 Å². The predicted octanol–water partition coefficient (Wildman–Crippen LogP) is 0.717. The van der Waals surface area contributed by atoms with Gasteiger partial charge < -0.3 is 14.0 Å². The number of hydrogen-bond acceptors (Lipinski definition) is 6. The van der Waals surface area contributed by atoms with Crippen molar-refractivity contribution in [1.82, 2.24) is 15.0 Å². The molecule has 6 heteroatoms. The summed E-state index contributed by atoms with van der Waals surface area (Å²) in [5, 5.41) is 3.92. The van der Waals surface area contributed by atoms with Crippen LogP contribution in [-0.2, 0) is 16.0 Å². The van der Waals surface area contributed by atoms with Gasteiger partial charge in [-0.05, 0) is 13.0 Å². The largest absolute Gasteiger partial charge is 0.346 e. The maximum Gasteiger partial charge on any atom is 0.223 e.